The van der Waals surface area contributed by atoms with E-state index in [2.05, 4.69) is 6.92 Å². The van der Waals surface area contributed by atoms with E-state index in [-0.39, 0.29) is 0 Å². The Labute approximate surface area is 64.6 Å². The molecule has 1 aromatic carbocycles. The molecule has 0 amide bonds. The molecule has 0 saturated heterocycles. The molecule has 1 unspecified atom stereocenters. The monoisotopic (exact) mass is 157 g/mol. The van der Waals surface area contributed by atoms with Crippen LogP contribution in [0.15, 0.2) is 24.3 Å². The molecule has 0 saturated carbocycles. The van der Waals surface area contributed by atoms with Gasteiger partial charge in [0, 0.05) is 5.56 Å². The maximum atomic E-state index is 12.4. The topological polar surface area (TPSA) is 0 Å². The van der Waals surface area contributed by atoms with Gasteiger partial charge < -0.3 is 0 Å². The molecule has 1 radical (unpaired) electrons. The zero-order valence-corrected chi connectivity index (χ0v) is 6.11. The fraction of sp³-hybridized carbons (Fsp3) is 0.125. The Balaban J connectivity index is 3.03. The second-order valence-corrected chi connectivity index (χ2v) is 2.38. The first-order chi connectivity index (χ1) is 4.72. The van der Waals surface area contributed by atoms with Gasteiger partial charge in [0.15, 0.2) is 5.63 Å². The first kappa shape index (κ1) is 7.55. The fourth-order valence-corrected chi connectivity index (χ4v) is 0.960. The summed E-state index contributed by atoms with van der Waals surface area (Å²) >= 11 is 5.20. The van der Waals surface area contributed by atoms with Gasteiger partial charge in [-0.2, -0.15) is 0 Å². The highest BCUT2D eigenvalue weighted by molar-refractivity contribution is 6.19. The van der Waals surface area contributed by atoms with E-state index in [0.29, 0.717) is 11.1 Å². The molecule has 1 aromatic rings. The minimum absolute atomic E-state index is 0.448. The third kappa shape index (κ3) is 1.48. The number of rotatable bonds is 1. The highest BCUT2D eigenvalue weighted by Gasteiger charge is 2.05. The Bertz CT molecular complexity index is 220. The minimum Gasteiger partial charge on any atom is -0.225 e. The molecule has 2 heteroatoms. The summed E-state index contributed by atoms with van der Waals surface area (Å²) in [6.45, 7) is 3.62. The van der Waals surface area contributed by atoms with Crippen molar-refractivity contribution in [3.05, 3.63) is 42.3 Å². The van der Waals surface area contributed by atoms with Crippen molar-refractivity contribution in [2.45, 2.75) is 5.63 Å². The van der Waals surface area contributed by atoms with Crippen LogP contribution in [-0.2, 0) is 0 Å². The smallest absolute Gasteiger partial charge is 0.199 e. The second kappa shape index (κ2) is 3.02. The van der Waals surface area contributed by atoms with E-state index in [1.54, 1.807) is 24.3 Å². The quantitative estimate of drug-likeness (QED) is 0.550. The van der Waals surface area contributed by atoms with Crippen LogP contribution in [0.1, 0.15) is 16.8 Å². The molecular formula is C8H7ClF. The van der Waals surface area contributed by atoms with Crippen molar-refractivity contribution in [2.24, 2.45) is 0 Å². The Morgan fingerprint density at radius 1 is 1.40 bits per heavy atom. The molecule has 0 bridgehead atoms. The molecule has 0 aliphatic rings. The summed E-state index contributed by atoms with van der Waals surface area (Å²) < 4.78 is 12.4. The number of halogens is 2. The van der Waals surface area contributed by atoms with Crippen LogP contribution < -0.4 is 0 Å². The van der Waals surface area contributed by atoms with Crippen LogP contribution in [0, 0.1) is 6.92 Å². The normalized spacial score (nSPS) is 13.1. The van der Waals surface area contributed by atoms with Crippen LogP contribution in [-0.4, -0.2) is 0 Å². The highest BCUT2D eigenvalue weighted by atomic mass is 35.5. The second-order valence-electron chi connectivity index (χ2n) is 2.00. The number of hydrogen-bond acceptors (Lipinski definition) is 0. The lowest BCUT2D eigenvalue weighted by molar-refractivity contribution is 0.459. The van der Waals surface area contributed by atoms with Gasteiger partial charge in [-0.15, -0.1) is 0 Å². The zero-order valence-electron chi connectivity index (χ0n) is 5.35. The largest absolute Gasteiger partial charge is 0.225 e. The first-order valence-corrected chi connectivity index (χ1v) is 3.34. The molecule has 0 N–H and O–H groups in total. The Kier molecular flexibility index (Phi) is 2.28. The third-order valence-corrected chi connectivity index (χ3v) is 1.53. The summed E-state index contributed by atoms with van der Waals surface area (Å²) in [7, 11) is 0. The van der Waals surface area contributed by atoms with Gasteiger partial charge in [-0.3, -0.25) is 0 Å². The predicted molar refractivity (Wildman–Crippen MR) is 40.6 cm³/mol. The van der Waals surface area contributed by atoms with Gasteiger partial charge in [-0.05, 0) is 12.5 Å². The maximum absolute atomic E-state index is 12.4. The van der Waals surface area contributed by atoms with E-state index in [0.717, 1.165) is 0 Å². The van der Waals surface area contributed by atoms with Crippen molar-refractivity contribution in [3.8, 4) is 0 Å². The Hall–Kier alpha value is -0.560. The lowest BCUT2D eigenvalue weighted by atomic mass is 10.1. The van der Waals surface area contributed by atoms with Crippen LogP contribution in [0.25, 0.3) is 0 Å². The van der Waals surface area contributed by atoms with Crippen LogP contribution in [0.5, 0.6) is 0 Å². The molecule has 0 nitrogen and oxygen atoms in total. The van der Waals surface area contributed by atoms with Gasteiger partial charge in [0.05, 0.1) is 0 Å². The van der Waals surface area contributed by atoms with Gasteiger partial charge in [-0.1, -0.05) is 35.9 Å². The molecule has 53 valence electrons. The van der Waals surface area contributed by atoms with Crippen molar-refractivity contribution in [1.82, 2.24) is 0 Å². The molecule has 0 aliphatic heterocycles. The first-order valence-electron chi connectivity index (χ1n) is 2.91. The lowest BCUT2D eigenvalue weighted by Gasteiger charge is -2.02. The van der Waals surface area contributed by atoms with Crippen molar-refractivity contribution >= 4 is 11.6 Å². The predicted octanol–water partition coefficient (Wildman–Crippen LogP) is 3.08. The maximum Gasteiger partial charge on any atom is 0.199 e. The number of benzene rings is 1. The number of alkyl halides is 2. The highest BCUT2D eigenvalue weighted by Crippen LogP contribution is 2.23. The minimum atomic E-state index is -1.44. The summed E-state index contributed by atoms with van der Waals surface area (Å²) in [4.78, 5) is 0. The van der Waals surface area contributed by atoms with Crippen molar-refractivity contribution in [3.63, 3.8) is 0 Å². The van der Waals surface area contributed by atoms with Crippen LogP contribution in [0.4, 0.5) is 4.39 Å². The molecule has 0 fully saturated rings. The van der Waals surface area contributed by atoms with Gasteiger partial charge in [-0.25, -0.2) is 4.39 Å². The van der Waals surface area contributed by atoms with Gasteiger partial charge in [0.2, 0.25) is 0 Å². The van der Waals surface area contributed by atoms with Gasteiger partial charge >= 0.3 is 0 Å². The molecule has 1 rings (SSSR count). The van der Waals surface area contributed by atoms with Crippen molar-refractivity contribution in [1.29, 1.82) is 0 Å². The average Bonchev–Trinajstić information content (AvgIpc) is 1.88. The van der Waals surface area contributed by atoms with Crippen LogP contribution in [0.3, 0.4) is 0 Å². The average molecular weight is 158 g/mol. The van der Waals surface area contributed by atoms with Crippen LogP contribution in [0.2, 0.25) is 0 Å². The van der Waals surface area contributed by atoms with E-state index in [9.17, 15) is 4.39 Å². The number of hydrogen-bond donors (Lipinski definition) is 0. The zero-order chi connectivity index (χ0) is 7.56. The fourth-order valence-electron chi connectivity index (χ4n) is 0.747. The Morgan fingerprint density at radius 3 is 2.40 bits per heavy atom. The van der Waals surface area contributed by atoms with E-state index >= 15 is 0 Å². The third-order valence-electron chi connectivity index (χ3n) is 1.29. The van der Waals surface area contributed by atoms with Gasteiger partial charge in [0.25, 0.3) is 0 Å². The van der Waals surface area contributed by atoms with E-state index in [1.807, 2.05) is 0 Å². The molecule has 0 aromatic heterocycles. The molecule has 0 heterocycles. The summed E-state index contributed by atoms with van der Waals surface area (Å²) in [6.07, 6.45) is 0. The van der Waals surface area contributed by atoms with Crippen molar-refractivity contribution in [2.75, 3.05) is 0 Å². The molecule has 0 spiro atoms. The molecule has 1 atom stereocenters. The van der Waals surface area contributed by atoms with E-state index in [1.165, 1.54) is 0 Å². The lowest BCUT2D eigenvalue weighted by Crippen LogP contribution is -1.85. The van der Waals surface area contributed by atoms with E-state index < -0.39 is 5.63 Å². The van der Waals surface area contributed by atoms with Crippen LogP contribution >= 0.6 is 11.6 Å². The summed E-state index contributed by atoms with van der Waals surface area (Å²) in [5.41, 5.74) is -0.345. The standard InChI is InChI=1S/C8H7ClF/c1-6-4-2-3-5-7(6)8(9)10/h2-5,8H,1H2. The molecule has 10 heavy (non-hydrogen) atoms. The molecule has 0 aliphatic carbocycles. The Morgan fingerprint density at radius 2 is 2.00 bits per heavy atom. The van der Waals surface area contributed by atoms with Crippen molar-refractivity contribution < 1.29 is 4.39 Å². The van der Waals surface area contributed by atoms with Gasteiger partial charge in [0.1, 0.15) is 0 Å². The summed E-state index contributed by atoms with van der Waals surface area (Å²) in [5.74, 6) is 0. The molecular weight excluding hydrogens is 151 g/mol. The summed E-state index contributed by atoms with van der Waals surface area (Å²) in [6, 6.07) is 6.88. The SMILES string of the molecule is [CH2]c1ccccc1C(F)Cl. The summed E-state index contributed by atoms with van der Waals surface area (Å²) in [5, 5.41) is 0. The van der Waals surface area contributed by atoms with E-state index in [4.69, 9.17) is 11.6 Å².